The number of ether oxygens (including phenoxy) is 1. The number of rotatable bonds is 11. The minimum Gasteiger partial charge on any atom is -0.465 e. The van der Waals surface area contributed by atoms with Crippen molar-refractivity contribution in [2.24, 2.45) is 0 Å². The van der Waals surface area contributed by atoms with Crippen LogP contribution in [0.5, 0.6) is 0 Å². The molecule has 2 aliphatic heterocycles. The van der Waals surface area contributed by atoms with Crippen molar-refractivity contribution >= 4 is 25.0 Å². The van der Waals surface area contributed by atoms with Crippen LogP contribution in [0.3, 0.4) is 0 Å². The van der Waals surface area contributed by atoms with E-state index in [1.165, 1.54) is 5.56 Å². The van der Waals surface area contributed by atoms with E-state index in [0.717, 1.165) is 12.8 Å². The van der Waals surface area contributed by atoms with Crippen LogP contribution in [0.15, 0.2) is 30.3 Å². The highest BCUT2D eigenvalue weighted by molar-refractivity contribution is 6.48. The lowest BCUT2D eigenvalue weighted by Gasteiger charge is -2.32. The summed E-state index contributed by atoms with van der Waals surface area (Å²) in [6, 6.07) is 8.98. The molecule has 3 rings (SSSR count). The van der Waals surface area contributed by atoms with Crippen LogP contribution in [0.2, 0.25) is 0 Å². The number of morpholine rings is 1. The highest BCUT2D eigenvalue weighted by atomic mass is 16.7. The van der Waals surface area contributed by atoms with Crippen LogP contribution in [-0.2, 0) is 30.1 Å². The zero-order valence-corrected chi connectivity index (χ0v) is 22.3. The highest BCUT2D eigenvalue weighted by Crippen LogP contribution is 2.38. The normalized spacial score (nSPS) is 20.2. The van der Waals surface area contributed by atoms with Crippen LogP contribution in [-0.4, -0.2) is 84.5 Å². The van der Waals surface area contributed by atoms with Gasteiger partial charge in [0.2, 0.25) is 11.8 Å². The molecule has 0 aliphatic carbocycles. The zero-order chi connectivity index (χ0) is 27.1. The minimum atomic E-state index is -1.32. The number of carbonyl (C=O) groups excluding carboxylic acids is 2. The lowest BCUT2D eigenvalue weighted by molar-refractivity contribution is -0.135. The van der Waals surface area contributed by atoms with Gasteiger partial charge >= 0.3 is 13.2 Å². The Balaban J connectivity index is 1.66. The molecular formula is C26H40BN3O7. The van der Waals surface area contributed by atoms with Gasteiger partial charge < -0.3 is 34.7 Å². The maximum Gasteiger partial charge on any atom is 0.481 e. The van der Waals surface area contributed by atoms with Crippen LogP contribution in [0, 0.1) is 0 Å². The van der Waals surface area contributed by atoms with Gasteiger partial charge in [0.25, 0.3) is 0 Å². The Morgan fingerprint density at radius 2 is 1.62 bits per heavy atom. The van der Waals surface area contributed by atoms with Crippen LogP contribution in [0.25, 0.3) is 0 Å². The summed E-state index contributed by atoms with van der Waals surface area (Å²) in [7, 11) is -0.690. The van der Waals surface area contributed by atoms with E-state index in [9.17, 15) is 19.5 Å². The quantitative estimate of drug-likeness (QED) is 0.385. The molecule has 3 N–H and O–H groups in total. The Kier molecular flexibility index (Phi) is 9.97. The Morgan fingerprint density at radius 1 is 1.00 bits per heavy atom. The van der Waals surface area contributed by atoms with Gasteiger partial charge in [-0.15, -0.1) is 0 Å². The molecule has 11 heteroatoms. The predicted octanol–water partition coefficient (Wildman–Crippen LogP) is 2.40. The maximum atomic E-state index is 13.3. The molecule has 204 valence electrons. The second-order valence-electron chi connectivity index (χ2n) is 10.7. The first-order valence-electron chi connectivity index (χ1n) is 13.0. The number of hydrogen-bond acceptors (Lipinski definition) is 6. The van der Waals surface area contributed by atoms with Crippen molar-refractivity contribution in [1.29, 1.82) is 0 Å². The van der Waals surface area contributed by atoms with Crippen LogP contribution in [0.1, 0.15) is 58.9 Å². The van der Waals surface area contributed by atoms with Gasteiger partial charge in [0.05, 0.1) is 30.4 Å². The lowest BCUT2D eigenvalue weighted by Crippen LogP contribution is -2.54. The maximum absolute atomic E-state index is 13.3. The molecule has 37 heavy (non-hydrogen) atoms. The molecule has 3 amide bonds. The fraction of sp³-hybridized carbons (Fsp3) is 0.654. The summed E-state index contributed by atoms with van der Waals surface area (Å²) >= 11 is 0. The molecule has 2 atom stereocenters. The number of hydrogen-bond donors (Lipinski definition) is 3. The number of carboxylic acid groups (broad SMARTS) is 1. The first-order valence-corrected chi connectivity index (χ1v) is 13.0. The first-order chi connectivity index (χ1) is 17.5. The smallest absolute Gasteiger partial charge is 0.465 e. The third kappa shape index (κ3) is 8.18. The fourth-order valence-electron chi connectivity index (χ4n) is 4.44. The fourth-order valence-corrected chi connectivity index (χ4v) is 4.44. The van der Waals surface area contributed by atoms with E-state index < -0.39 is 42.3 Å². The Labute approximate surface area is 219 Å². The van der Waals surface area contributed by atoms with Crippen molar-refractivity contribution in [2.75, 3.05) is 26.3 Å². The van der Waals surface area contributed by atoms with Crippen LogP contribution >= 0.6 is 0 Å². The molecule has 0 bridgehead atoms. The topological polar surface area (TPSA) is 126 Å². The molecule has 1 aromatic rings. The van der Waals surface area contributed by atoms with E-state index in [4.69, 9.17) is 14.0 Å². The molecule has 1 aromatic carbocycles. The van der Waals surface area contributed by atoms with Crippen molar-refractivity contribution < 1.29 is 33.5 Å². The van der Waals surface area contributed by atoms with Crippen LogP contribution in [0.4, 0.5) is 4.79 Å². The van der Waals surface area contributed by atoms with Crippen molar-refractivity contribution in [3.8, 4) is 0 Å². The van der Waals surface area contributed by atoms with E-state index in [2.05, 4.69) is 22.8 Å². The third-order valence-corrected chi connectivity index (χ3v) is 7.38. The number of carbonyl (C=O) groups is 3. The first kappa shape index (κ1) is 28.9. The minimum absolute atomic E-state index is 0.0491. The summed E-state index contributed by atoms with van der Waals surface area (Å²) in [5, 5.41) is 14.6. The van der Waals surface area contributed by atoms with Crippen molar-refractivity contribution in [1.82, 2.24) is 15.5 Å². The standard InChI is InChI=1S/C26H40BN3O7/c1-25(2)26(3,4)37-27(36-25)21(12-8-11-19-9-6-5-7-10-19)29-23(32)20(28-24(33)34)13-14-22(31)30-15-17-35-18-16-30/h5-7,9-10,20-21,28H,8,11-18H2,1-4H3,(H,29,32)(H,33,34). The van der Waals surface area contributed by atoms with E-state index in [-0.39, 0.29) is 18.7 Å². The molecule has 2 saturated heterocycles. The van der Waals surface area contributed by atoms with E-state index in [0.29, 0.717) is 32.7 Å². The number of aryl methyl sites for hydroxylation is 1. The summed E-state index contributed by atoms with van der Waals surface area (Å²) in [5.74, 6) is -1.12. The molecule has 0 saturated carbocycles. The van der Waals surface area contributed by atoms with E-state index in [1.54, 1.807) is 4.90 Å². The summed E-state index contributed by atoms with van der Waals surface area (Å²) in [6.45, 7) is 9.72. The molecule has 2 unspecified atom stereocenters. The average molecular weight is 517 g/mol. The summed E-state index contributed by atoms with van der Waals surface area (Å²) in [6.07, 6.45) is 0.935. The van der Waals surface area contributed by atoms with Gasteiger partial charge in [0, 0.05) is 19.5 Å². The average Bonchev–Trinajstić information content (AvgIpc) is 3.08. The van der Waals surface area contributed by atoms with E-state index >= 15 is 0 Å². The van der Waals surface area contributed by atoms with Crippen molar-refractivity contribution in [2.45, 2.75) is 83.0 Å². The number of nitrogens with one attached hydrogen (secondary N) is 2. The summed E-state index contributed by atoms with van der Waals surface area (Å²) in [4.78, 5) is 39.0. The third-order valence-electron chi connectivity index (χ3n) is 7.38. The monoisotopic (exact) mass is 517 g/mol. The largest absolute Gasteiger partial charge is 0.481 e. The SMILES string of the molecule is CC1(C)OB(C(CCCc2ccccc2)NC(=O)C(CCC(=O)N2CCOCC2)NC(=O)O)OC1(C)C. The Bertz CT molecular complexity index is 906. The summed E-state index contributed by atoms with van der Waals surface area (Å²) in [5.41, 5.74) is 0.0285. The van der Waals surface area contributed by atoms with Gasteiger partial charge in [0.15, 0.2) is 0 Å². The molecule has 0 aromatic heterocycles. The van der Waals surface area contributed by atoms with E-state index in [1.807, 2.05) is 45.9 Å². The Hall–Kier alpha value is -2.63. The van der Waals surface area contributed by atoms with Crippen LogP contribution < -0.4 is 10.6 Å². The second-order valence-corrected chi connectivity index (χ2v) is 10.7. The number of benzene rings is 1. The van der Waals surface area contributed by atoms with Crippen molar-refractivity contribution in [3.05, 3.63) is 35.9 Å². The number of amides is 3. The molecule has 0 radical (unpaired) electrons. The number of nitrogens with zero attached hydrogens (tertiary/aromatic N) is 1. The molecular weight excluding hydrogens is 477 g/mol. The van der Waals surface area contributed by atoms with Gasteiger partial charge in [-0.1, -0.05) is 30.3 Å². The van der Waals surface area contributed by atoms with Crippen molar-refractivity contribution in [3.63, 3.8) is 0 Å². The predicted molar refractivity (Wildman–Crippen MR) is 139 cm³/mol. The van der Waals surface area contributed by atoms with Gasteiger partial charge in [-0.3, -0.25) is 9.59 Å². The lowest BCUT2D eigenvalue weighted by atomic mass is 9.75. The molecule has 2 aliphatic rings. The Morgan fingerprint density at radius 3 is 2.22 bits per heavy atom. The molecule has 10 nitrogen and oxygen atoms in total. The van der Waals surface area contributed by atoms with Gasteiger partial charge in [-0.2, -0.15) is 0 Å². The zero-order valence-electron chi connectivity index (χ0n) is 22.3. The van der Waals surface area contributed by atoms with Gasteiger partial charge in [0.1, 0.15) is 6.04 Å². The highest BCUT2D eigenvalue weighted by Gasteiger charge is 2.54. The molecule has 2 fully saturated rings. The van der Waals surface area contributed by atoms with Gasteiger partial charge in [-0.25, -0.2) is 4.79 Å². The molecule has 0 spiro atoms. The second kappa shape index (κ2) is 12.8. The van der Waals surface area contributed by atoms with Gasteiger partial charge in [-0.05, 0) is 58.9 Å². The molecule has 2 heterocycles. The summed E-state index contributed by atoms with van der Waals surface area (Å²) < 4.78 is 17.7.